The van der Waals surface area contributed by atoms with Gasteiger partial charge in [-0.3, -0.25) is 9.69 Å². The summed E-state index contributed by atoms with van der Waals surface area (Å²) in [5.41, 5.74) is 0.645. The van der Waals surface area contributed by atoms with E-state index in [2.05, 4.69) is 11.8 Å². The summed E-state index contributed by atoms with van der Waals surface area (Å²) in [7, 11) is 0. The zero-order chi connectivity index (χ0) is 12.3. The first-order valence-electron chi connectivity index (χ1n) is 6.20. The largest absolute Gasteiger partial charge is 0.293 e. The standard InChI is InChI=1S/C14H18ClNO/c1-11-6-4-5-9-16(11)10-14(17)12-7-2-3-8-13(12)15/h2-3,7-8,11H,4-6,9-10H2,1H3. The van der Waals surface area contributed by atoms with Crippen LogP contribution in [0, 0.1) is 0 Å². The Kier molecular flexibility index (Phi) is 4.19. The van der Waals surface area contributed by atoms with Gasteiger partial charge in [0.25, 0.3) is 0 Å². The van der Waals surface area contributed by atoms with E-state index in [4.69, 9.17) is 11.6 Å². The maximum atomic E-state index is 12.2. The van der Waals surface area contributed by atoms with Crippen molar-refractivity contribution in [1.82, 2.24) is 4.90 Å². The third-order valence-corrected chi connectivity index (χ3v) is 3.79. The summed E-state index contributed by atoms with van der Waals surface area (Å²) >= 11 is 6.03. The van der Waals surface area contributed by atoms with Crippen molar-refractivity contribution in [2.45, 2.75) is 32.2 Å². The zero-order valence-corrected chi connectivity index (χ0v) is 10.9. The fourth-order valence-electron chi connectivity index (χ4n) is 2.35. The zero-order valence-electron chi connectivity index (χ0n) is 10.2. The summed E-state index contributed by atoms with van der Waals surface area (Å²) in [6.07, 6.45) is 3.66. The summed E-state index contributed by atoms with van der Waals surface area (Å²) in [5, 5.41) is 0.558. The molecule has 1 aromatic rings. The van der Waals surface area contributed by atoms with Crippen LogP contribution >= 0.6 is 11.6 Å². The van der Waals surface area contributed by atoms with E-state index in [9.17, 15) is 4.79 Å². The van der Waals surface area contributed by atoms with E-state index in [1.807, 2.05) is 12.1 Å². The number of hydrogen-bond acceptors (Lipinski definition) is 2. The number of carbonyl (C=O) groups excluding carboxylic acids is 1. The molecule has 2 rings (SSSR count). The predicted octanol–water partition coefficient (Wildman–Crippen LogP) is 3.40. The highest BCUT2D eigenvalue weighted by Gasteiger charge is 2.21. The molecule has 0 N–H and O–H groups in total. The molecule has 0 amide bonds. The van der Waals surface area contributed by atoms with Gasteiger partial charge in [0, 0.05) is 11.6 Å². The molecule has 1 aromatic carbocycles. The summed E-state index contributed by atoms with van der Waals surface area (Å²) in [5.74, 6) is 0.129. The van der Waals surface area contributed by atoms with E-state index in [-0.39, 0.29) is 5.78 Å². The number of likely N-dealkylation sites (tertiary alicyclic amines) is 1. The van der Waals surface area contributed by atoms with Gasteiger partial charge in [-0.2, -0.15) is 0 Å². The number of Topliss-reactive ketones (excluding diaryl/α,β-unsaturated/α-hetero) is 1. The third kappa shape index (κ3) is 3.08. The minimum atomic E-state index is 0.129. The fraction of sp³-hybridized carbons (Fsp3) is 0.500. The lowest BCUT2D eigenvalue weighted by Crippen LogP contribution is -2.40. The number of benzene rings is 1. The molecule has 1 atom stereocenters. The van der Waals surface area contributed by atoms with Crippen LogP contribution in [0.4, 0.5) is 0 Å². The maximum Gasteiger partial charge on any atom is 0.178 e. The topological polar surface area (TPSA) is 20.3 Å². The Balaban J connectivity index is 2.04. The van der Waals surface area contributed by atoms with E-state index in [1.165, 1.54) is 19.3 Å². The Hall–Kier alpha value is -0.860. The minimum absolute atomic E-state index is 0.129. The van der Waals surface area contributed by atoms with Crippen molar-refractivity contribution in [3.63, 3.8) is 0 Å². The highest BCUT2D eigenvalue weighted by molar-refractivity contribution is 6.34. The lowest BCUT2D eigenvalue weighted by Gasteiger charge is -2.32. The molecule has 1 fully saturated rings. The molecule has 0 saturated carbocycles. The van der Waals surface area contributed by atoms with Crippen LogP contribution in [0.3, 0.4) is 0 Å². The molecule has 1 heterocycles. The number of rotatable bonds is 3. The quantitative estimate of drug-likeness (QED) is 0.768. The van der Waals surface area contributed by atoms with Gasteiger partial charge in [0.15, 0.2) is 5.78 Å². The van der Waals surface area contributed by atoms with Gasteiger partial charge in [0.1, 0.15) is 0 Å². The normalized spacial score (nSPS) is 21.4. The molecular formula is C14H18ClNO. The first-order chi connectivity index (χ1) is 8.18. The molecule has 17 heavy (non-hydrogen) atoms. The van der Waals surface area contributed by atoms with E-state index in [0.717, 1.165) is 6.54 Å². The second-order valence-electron chi connectivity index (χ2n) is 4.72. The van der Waals surface area contributed by atoms with Gasteiger partial charge >= 0.3 is 0 Å². The second kappa shape index (κ2) is 5.65. The Morgan fingerprint density at radius 1 is 1.41 bits per heavy atom. The van der Waals surface area contributed by atoms with E-state index >= 15 is 0 Å². The summed E-state index contributed by atoms with van der Waals surface area (Å²) in [4.78, 5) is 14.4. The van der Waals surface area contributed by atoms with Gasteiger partial charge in [-0.05, 0) is 38.4 Å². The molecule has 2 nitrogen and oxygen atoms in total. The fourth-order valence-corrected chi connectivity index (χ4v) is 2.59. The molecule has 0 aromatic heterocycles. The molecule has 1 aliphatic heterocycles. The maximum absolute atomic E-state index is 12.2. The van der Waals surface area contributed by atoms with Crippen LogP contribution in [0.1, 0.15) is 36.5 Å². The number of piperidine rings is 1. The van der Waals surface area contributed by atoms with E-state index in [0.29, 0.717) is 23.2 Å². The average Bonchev–Trinajstić information content (AvgIpc) is 2.32. The first-order valence-corrected chi connectivity index (χ1v) is 6.58. The van der Waals surface area contributed by atoms with Crippen LogP contribution in [0.2, 0.25) is 5.02 Å². The van der Waals surface area contributed by atoms with Gasteiger partial charge < -0.3 is 0 Å². The van der Waals surface area contributed by atoms with Gasteiger partial charge in [-0.1, -0.05) is 30.2 Å². The van der Waals surface area contributed by atoms with Crippen molar-refractivity contribution < 1.29 is 4.79 Å². The summed E-state index contributed by atoms with van der Waals surface area (Å²) < 4.78 is 0. The van der Waals surface area contributed by atoms with Crippen molar-refractivity contribution in [2.75, 3.05) is 13.1 Å². The molecule has 0 bridgehead atoms. The SMILES string of the molecule is CC1CCCCN1CC(=O)c1ccccc1Cl. The number of hydrogen-bond donors (Lipinski definition) is 0. The van der Waals surface area contributed by atoms with Gasteiger partial charge in [0.2, 0.25) is 0 Å². The molecular weight excluding hydrogens is 234 g/mol. The molecule has 3 heteroatoms. The third-order valence-electron chi connectivity index (χ3n) is 3.46. The van der Waals surface area contributed by atoms with Gasteiger partial charge in [0.05, 0.1) is 11.6 Å². The monoisotopic (exact) mass is 251 g/mol. The molecule has 1 aliphatic rings. The van der Waals surface area contributed by atoms with Crippen LogP contribution in [0.15, 0.2) is 24.3 Å². The van der Waals surface area contributed by atoms with Crippen molar-refractivity contribution in [3.05, 3.63) is 34.9 Å². The number of carbonyl (C=O) groups is 1. The van der Waals surface area contributed by atoms with Gasteiger partial charge in [-0.15, -0.1) is 0 Å². The Morgan fingerprint density at radius 3 is 2.88 bits per heavy atom. The van der Waals surface area contributed by atoms with Crippen LogP contribution in [0.25, 0.3) is 0 Å². The number of halogens is 1. The molecule has 92 valence electrons. The van der Waals surface area contributed by atoms with Crippen LogP contribution < -0.4 is 0 Å². The Labute approximate surface area is 108 Å². The minimum Gasteiger partial charge on any atom is -0.293 e. The molecule has 0 aliphatic carbocycles. The first kappa shape index (κ1) is 12.6. The number of nitrogens with zero attached hydrogens (tertiary/aromatic N) is 1. The summed E-state index contributed by atoms with van der Waals surface area (Å²) in [6, 6.07) is 7.80. The number of ketones is 1. The predicted molar refractivity (Wildman–Crippen MR) is 70.7 cm³/mol. The molecule has 1 saturated heterocycles. The average molecular weight is 252 g/mol. The van der Waals surface area contributed by atoms with Gasteiger partial charge in [-0.25, -0.2) is 0 Å². The van der Waals surface area contributed by atoms with Crippen LogP contribution in [-0.4, -0.2) is 29.8 Å². The van der Waals surface area contributed by atoms with Crippen LogP contribution in [-0.2, 0) is 0 Å². The Morgan fingerprint density at radius 2 is 2.18 bits per heavy atom. The Bertz CT molecular complexity index is 405. The highest BCUT2D eigenvalue weighted by atomic mass is 35.5. The molecule has 1 unspecified atom stereocenters. The van der Waals surface area contributed by atoms with Crippen molar-refractivity contribution in [2.24, 2.45) is 0 Å². The van der Waals surface area contributed by atoms with Crippen molar-refractivity contribution in [3.8, 4) is 0 Å². The van der Waals surface area contributed by atoms with E-state index in [1.54, 1.807) is 12.1 Å². The smallest absolute Gasteiger partial charge is 0.178 e. The highest BCUT2D eigenvalue weighted by Crippen LogP contribution is 2.19. The lowest BCUT2D eigenvalue weighted by atomic mass is 10.0. The van der Waals surface area contributed by atoms with Crippen molar-refractivity contribution >= 4 is 17.4 Å². The lowest BCUT2D eigenvalue weighted by molar-refractivity contribution is 0.0860. The summed E-state index contributed by atoms with van der Waals surface area (Å²) in [6.45, 7) is 3.71. The van der Waals surface area contributed by atoms with E-state index < -0.39 is 0 Å². The molecule has 0 radical (unpaired) electrons. The second-order valence-corrected chi connectivity index (χ2v) is 5.13. The molecule has 0 spiro atoms. The van der Waals surface area contributed by atoms with Crippen molar-refractivity contribution in [1.29, 1.82) is 0 Å². The van der Waals surface area contributed by atoms with Crippen LogP contribution in [0.5, 0.6) is 0 Å².